The van der Waals surface area contributed by atoms with Crippen LogP contribution in [0.4, 0.5) is 0 Å². The van der Waals surface area contributed by atoms with Gasteiger partial charge in [-0.25, -0.2) is 0 Å². The highest BCUT2D eigenvalue weighted by molar-refractivity contribution is 5.94. The van der Waals surface area contributed by atoms with E-state index in [-0.39, 0.29) is 12.0 Å². The van der Waals surface area contributed by atoms with Crippen LogP contribution >= 0.6 is 0 Å². The second kappa shape index (κ2) is 7.85. The quantitative estimate of drug-likeness (QED) is 0.862. The minimum absolute atomic E-state index is 0.0235. The summed E-state index contributed by atoms with van der Waals surface area (Å²) in [6.07, 6.45) is 8.82. The molecule has 108 valence electrons. The van der Waals surface area contributed by atoms with Gasteiger partial charge in [0.15, 0.2) is 0 Å². The molecular formula is C17H23NO2. The molecule has 1 aromatic carbocycles. The number of carbonyl (C=O) groups excluding carboxylic acids is 1. The van der Waals surface area contributed by atoms with E-state index in [0.717, 1.165) is 37.9 Å². The lowest BCUT2D eigenvalue weighted by Gasteiger charge is -2.10. The average Bonchev–Trinajstić information content (AvgIpc) is 2.99. The summed E-state index contributed by atoms with van der Waals surface area (Å²) in [5.41, 5.74) is 1.84. The van der Waals surface area contributed by atoms with Gasteiger partial charge < -0.3 is 10.1 Å². The molecule has 1 aliphatic rings. The molecule has 0 saturated carbocycles. The maximum Gasteiger partial charge on any atom is 0.251 e. The first-order valence-corrected chi connectivity index (χ1v) is 7.46. The van der Waals surface area contributed by atoms with Crippen molar-refractivity contribution in [2.75, 3.05) is 13.2 Å². The van der Waals surface area contributed by atoms with Crippen molar-refractivity contribution in [3.63, 3.8) is 0 Å². The van der Waals surface area contributed by atoms with Crippen LogP contribution in [-0.2, 0) is 4.74 Å². The number of nitrogens with one attached hydrogen (secondary N) is 1. The van der Waals surface area contributed by atoms with Crippen LogP contribution in [0, 0.1) is 0 Å². The van der Waals surface area contributed by atoms with Gasteiger partial charge in [-0.2, -0.15) is 0 Å². The standard InChI is InChI=1S/C17H23NO2/c1-2-3-4-6-14-8-10-15(11-9-14)17(19)18-13-16-7-5-12-20-16/h4,6,8-11,16H,2-3,5,7,12-13H2,1H3,(H,18,19). The van der Waals surface area contributed by atoms with Crippen molar-refractivity contribution >= 4 is 12.0 Å². The minimum Gasteiger partial charge on any atom is -0.376 e. The number of benzene rings is 1. The Morgan fingerprint density at radius 3 is 2.85 bits per heavy atom. The summed E-state index contributed by atoms with van der Waals surface area (Å²) in [6.45, 7) is 3.59. The molecule has 1 saturated heterocycles. The number of unbranched alkanes of at least 4 members (excludes halogenated alkanes) is 1. The average molecular weight is 273 g/mol. The van der Waals surface area contributed by atoms with Crippen LogP contribution in [0.1, 0.15) is 48.5 Å². The Balaban J connectivity index is 1.83. The molecule has 1 amide bonds. The number of amides is 1. The van der Waals surface area contributed by atoms with Gasteiger partial charge in [-0.1, -0.05) is 37.6 Å². The molecule has 1 fully saturated rings. The summed E-state index contributed by atoms with van der Waals surface area (Å²) in [7, 11) is 0. The molecule has 1 aliphatic heterocycles. The van der Waals surface area contributed by atoms with Crippen LogP contribution in [0.15, 0.2) is 30.3 Å². The molecule has 0 aromatic heterocycles. The van der Waals surface area contributed by atoms with Gasteiger partial charge in [-0.3, -0.25) is 4.79 Å². The lowest BCUT2D eigenvalue weighted by Crippen LogP contribution is -2.31. The third kappa shape index (κ3) is 4.49. The molecule has 2 rings (SSSR count). The third-order valence-electron chi connectivity index (χ3n) is 3.45. The van der Waals surface area contributed by atoms with Crippen LogP contribution in [-0.4, -0.2) is 25.2 Å². The minimum atomic E-state index is -0.0235. The van der Waals surface area contributed by atoms with E-state index in [4.69, 9.17) is 4.74 Å². The van der Waals surface area contributed by atoms with E-state index in [9.17, 15) is 4.79 Å². The molecule has 0 bridgehead atoms. The highest BCUT2D eigenvalue weighted by Gasteiger charge is 2.16. The number of allylic oxidation sites excluding steroid dienone is 1. The first kappa shape index (κ1) is 14.8. The van der Waals surface area contributed by atoms with Gasteiger partial charge in [0, 0.05) is 18.7 Å². The van der Waals surface area contributed by atoms with Gasteiger partial charge in [0.2, 0.25) is 0 Å². The fourth-order valence-corrected chi connectivity index (χ4v) is 2.25. The monoisotopic (exact) mass is 273 g/mol. The molecule has 1 atom stereocenters. The molecule has 1 aromatic rings. The summed E-state index contributed by atoms with van der Waals surface area (Å²) in [5, 5.41) is 2.93. The van der Waals surface area contributed by atoms with Crippen LogP contribution in [0.5, 0.6) is 0 Å². The van der Waals surface area contributed by atoms with E-state index < -0.39 is 0 Å². The van der Waals surface area contributed by atoms with Gasteiger partial charge in [0.1, 0.15) is 0 Å². The molecule has 0 aliphatic carbocycles. The molecule has 1 heterocycles. The predicted molar refractivity (Wildman–Crippen MR) is 81.7 cm³/mol. The molecule has 3 nitrogen and oxygen atoms in total. The Hall–Kier alpha value is -1.61. The van der Waals surface area contributed by atoms with E-state index in [1.807, 2.05) is 24.3 Å². The van der Waals surface area contributed by atoms with Gasteiger partial charge in [-0.05, 0) is 37.0 Å². The molecule has 1 unspecified atom stereocenters. The van der Waals surface area contributed by atoms with Crippen molar-refractivity contribution in [3.8, 4) is 0 Å². The molecular weight excluding hydrogens is 250 g/mol. The Bertz CT molecular complexity index is 445. The zero-order valence-corrected chi connectivity index (χ0v) is 12.1. The number of hydrogen-bond donors (Lipinski definition) is 1. The summed E-state index contributed by atoms with van der Waals surface area (Å²) in [6, 6.07) is 7.70. The lowest BCUT2D eigenvalue weighted by molar-refractivity contribution is 0.0858. The second-order valence-corrected chi connectivity index (χ2v) is 5.16. The topological polar surface area (TPSA) is 38.3 Å². The zero-order chi connectivity index (χ0) is 14.2. The second-order valence-electron chi connectivity index (χ2n) is 5.16. The molecule has 20 heavy (non-hydrogen) atoms. The van der Waals surface area contributed by atoms with Crippen LogP contribution in [0.2, 0.25) is 0 Å². The predicted octanol–water partition coefficient (Wildman–Crippen LogP) is 3.41. The van der Waals surface area contributed by atoms with Crippen LogP contribution < -0.4 is 5.32 Å². The first-order chi connectivity index (χ1) is 9.79. The Morgan fingerprint density at radius 1 is 1.40 bits per heavy atom. The largest absolute Gasteiger partial charge is 0.376 e. The molecule has 3 heteroatoms. The Kier molecular flexibility index (Phi) is 5.81. The first-order valence-electron chi connectivity index (χ1n) is 7.46. The highest BCUT2D eigenvalue weighted by atomic mass is 16.5. The lowest BCUT2D eigenvalue weighted by atomic mass is 10.1. The van der Waals surface area contributed by atoms with Gasteiger partial charge in [-0.15, -0.1) is 0 Å². The number of rotatable bonds is 6. The Morgan fingerprint density at radius 2 is 2.20 bits per heavy atom. The highest BCUT2D eigenvalue weighted by Crippen LogP contribution is 2.11. The molecule has 0 spiro atoms. The Labute approximate surface area is 121 Å². The van der Waals surface area contributed by atoms with E-state index in [2.05, 4.69) is 24.4 Å². The molecule has 0 radical (unpaired) electrons. The van der Waals surface area contributed by atoms with Crippen molar-refractivity contribution in [2.24, 2.45) is 0 Å². The fourth-order valence-electron chi connectivity index (χ4n) is 2.25. The maximum atomic E-state index is 12.0. The SMILES string of the molecule is CCCC=Cc1ccc(C(=O)NCC2CCCO2)cc1. The number of hydrogen-bond acceptors (Lipinski definition) is 2. The van der Waals surface area contributed by atoms with E-state index in [1.165, 1.54) is 0 Å². The zero-order valence-electron chi connectivity index (χ0n) is 12.1. The van der Waals surface area contributed by atoms with Crippen LogP contribution in [0.3, 0.4) is 0 Å². The van der Waals surface area contributed by atoms with Crippen molar-refractivity contribution in [1.82, 2.24) is 5.32 Å². The summed E-state index contributed by atoms with van der Waals surface area (Å²) < 4.78 is 5.49. The van der Waals surface area contributed by atoms with Crippen molar-refractivity contribution < 1.29 is 9.53 Å². The third-order valence-corrected chi connectivity index (χ3v) is 3.45. The van der Waals surface area contributed by atoms with E-state index >= 15 is 0 Å². The van der Waals surface area contributed by atoms with Crippen molar-refractivity contribution in [2.45, 2.75) is 38.7 Å². The van der Waals surface area contributed by atoms with Gasteiger partial charge >= 0.3 is 0 Å². The number of ether oxygens (including phenoxy) is 1. The van der Waals surface area contributed by atoms with E-state index in [0.29, 0.717) is 12.1 Å². The number of carbonyl (C=O) groups is 1. The maximum absolute atomic E-state index is 12.0. The van der Waals surface area contributed by atoms with Crippen molar-refractivity contribution in [3.05, 3.63) is 41.5 Å². The summed E-state index contributed by atoms with van der Waals surface area (Å²) >= 11 is 0. The summed E-state index contributed by atoms with van der Waals surface area (Å²) in [4.78, 5) is 12.0. The molecule has 1 N–H and O–H groups in total. The smallest absolute Gasteiger partial charge is 0.251 e. The summed E-state index contributed by atoms with van der Waals surface area (Å²) in [5.74, 6) is -0.0235. The van der Waals surface area contributed by atoms with Crippen LogP contribution in [0.25, 0.3) is 6.08 Å². The normalized spacial score (nSPS) is 18.6. The van der Waals surface area contributed by atoms with E-state index in [1.54, 1.807) is 0 Å². The van der Waals surface area contributed by atoms with Crippen molar-refractivity contribution in [1.29, 1.82) is 0 Å². The fraction of sp³-hybridized carbons (Fsp3) is 0.471. The van der Waals surface area contributed by atoms with Gasteiger partial charge in [0.05, 0.1) is 6.10 Å². The van der Waals surface area contributed by atoms with Gasteiger partial charge in [0.25, 0.3) is 5.91 Å².